The summed E-state index contributed by atoms with van der Waals surface area (Å²) in [6.45, 7) is 6.96. The summed E-state index contributed by atoms with van der Waals surface area (Å²) in [7, 11) is 0. The minimum atomic E-state index is -0.724. The van der Waals surface area contributed by atoms with Crippen molar-refractivity contribution in [2.24, 2.45) is 0 Å². The molecule has 1 aromatic carbocycles. The molecule has 3 amide bonds. The zero-order valence-electron chi connectivity index (χ0n) is 18.3. The summed E-state index contributed by atoms with van der Waals surface area (Å²) >= 11 is 0. The Labute approximate surface area is 181 Å². The summed E-state index contributed by atoms with van der Waals surface area (Å²) < 4.78 is 10.7. The molecule has 1 aromatic rings. The number of fused-ring (bicyclic) bond motifs is 1. The van der Waals surface area contributed by atoms with E-state index >= 15 is 0 Å². The summed E-state index contributed by atoms with van der Waals surface area (Å²) in [5.74, 6) is -0.0916. The van der Waals surface area contributed by atoms with Crippen molar-refractivity contribution in [2.75, 3.05) is 44.2 Å². The van der Waals surface area contributed by atoms with E-state index in [4.69, 9.17) is 9.47 Å². The molecule has 31 heavy (non-hydrogen) atoms. The van der Waals surface area contributed by atoms with Crippen LogP contribution in [-0.4, -0.2) is 78.9 Å². The zero-order chi connectivity index (χ0) is 22.5. The SMILES string of the molecule is CCCC(=O)c1ccc2c(c1)N(CC(=O)N1CCN(C(=O)OCC)CC1)C(=O)C(C)O2. The van der Waals surface area contributed by atoms with Crippen LogP contribution in [0.25, 0.3) is 0 Å². The minimum Gasteiger partial charge on any atom is -0.479 e. The normalized spacial score (nSPS) is 18.4. The quantitative estimate of drug-likeness (QED) is 0.640. The van der Waals surface area contributed by atoms with E-state index in [9.17, 15) is 19.2 Å². The van der Waals surface area contributed by atoms with Gasteiger partial charge in [0.2, 0.25) is 5.91 Å². The Balaban J connectivity index is 1.73. The molecule has 1 unspecified atom stereocenters. The van der Waals surface area contributed by atoms with Crippen molar-refractivity contribution in [3.8, 4) is 5.75 Å². The molecule has 2 heterocycles. The van der Waals surface area contributed by atoms with Gasteiger partial charge >= 0.3 is 6.09 Å². The number of Topliss-reactive ketones (excluding diaryl/α,β-unsaturated/α-hetero) is 1. The molecule has 168 valence electrons. The summed E-state index contributed by atoms with van der Waals surface area (Å²) in [6, 6.07) is 4.99. The number of rotatable bonds is 6. The number of ketones is 1. The number of carbonyl (C=O) groups excluding carboxylic acids is 4. The van der Waals surface area contributed by atoms with Crippen molar-refractivity contribution in [1.29, 1.82) is 0 Å². The van der Waals surface area contributed by atoms with Crippen LogP contribution in [0.2, 0.25) is 0 Å². The fraction of sp³-hybridized carbons (Fsp3) is 0.545. The van der Waals surface area contributed by atoms with E-state index in [1.54, 1.807) is 41.8 Å². The first-order chi connectivity index (χ1) is 14.8. The van der Waals surface area contributed by atoms with Crippen LogP contribution in [0.5, 0.6) is 5.75 Å². The Bertz CT molecular complexity index is 863. The van der Waals surface area contributed by atoms with Crippen LogP contribution in [0.15, 0.2) is 18.2 Å². The highest BCUT2D eigenvalue weighted by Crippen LogP contribution is 2.35. The van der Waals surface area contributed by atoms with Crippen LogP contribution in [0.1, 0.15) is 44.0 Å². The molecule has 3 rings (SSSR count). The van der Waals surface area contributed by atoms with Crippen molar-refractivity contribution in [1.82, 2.24) is 9.80 Å². The highest BCUT2D eigenvalue weighted by atomic mass is 16.6. The molecule has 1 fully saturated rings. The lowest BCUT2D eigenvalue weighted by molar-refractivity contribution is -0.134. The maximum Gasteiger partial charge on any atom is 0.409 e. The molecule has 2 aliphatic heterocycles. The Kier molecular flexibility index (Phi) is 7.14. The van der Waals surface area contributed by atoms with E-state index in [-0.39, 0.29) is 30.2 Å². The summed E-state index contributed by atoms with van der Waals surface area (Å²) in [5, 5.41) is 0. The molecule has 0 N–H and O–H groups in total. The Morgan fingerprint density at radius 1 is 1.10 bits per heavy atom. The van der Waals surface area contributed by atoms with Crippen molar-refractivity contribution in [3.63, 3.8) is 0 Å². The standard InChI is InChI=1S/C22H29N3O6/c1-4-6-18(26)16-7-8-19-17(13-16)25(21(28)15(3)31-19)14-20(27)23-9-11-24(12-10-23)22(29)30-5-2/h7-8,13,15H,4-6,9-12,14H2,1-3H3. The van der Waals surface area contributed by atoms with Gasteiger partial charge in [-0.25, -0.2) is 4.79 Å². The number of hydrogen-bond acceptors (Lipinski definition) is 6. The summed E-state index contributed by atoms with van der Waals surface area (Å²) in [4.78, 5) is 54.5. The van der Waals surface area contributed by atoms with Gasteiger partial charge in [0, 0.05) is 38.2 Å². The van der Waals surface area contributed by atoms with Crippen molar-refractivity contribution >= 4 is 29.4 Å². The van der Waals surface area contributed by atoms with Crippen LogP contribution in [0, 0.1) is 0 Å². The van der Waals surface area contributed by atoms with Gasteiger partial charge in [0.1, 0.15) is 12.3 Å². The molecule has 9 nitrogen and oxygen atoms in total. The highest BCUT2D eigenvalue weighted by Gasteiger charge is 2.35. The van der Waals surface area contributed by atoms with E-state index in [0.717, 1.165) is 6.42 Å². The fourth-order valence-electron chi connectivity index (χ4n) is 3.70. The average Bonchev–Trinajstić information content (AvgIpc) is 2.77. The van der Waals surface area contributed by atoms with Crippen LogP contribution < -0.4 is 9.64 Å². The molecule has 0 radical (unpaired) electrons. The number of amides is 3. The number of anilines is 1. The third-order valence-corrected chi connectivity index (χ3v) is 5.42. The molecule has 0 spiro atoms. The lowest BCUT2D eigenvalue weighted by atomic mass is 10.0. The van der Waals surface area contributed by atoms with Crippen LogP contribution in [0.4, 0.5) is 10.5 Å². The lowest BCUT2D eigenvalue weighted by Crippen LogP contribution is -2.54. The predicted octanol–water partition coefficient (Wildman–Crippen LogP) is 2.08. The van der Waals surface area contributed by atoms with Crippen LogP contribution >= 0.6 is 0 Å². The Hall–Kier alpha value is -3.10. The van der Waals surface area contributed by atoms with E-state index in [2.05, 4.69) is 0 Å². The van der Waals surface area contributed by atoms with E-state index < -0.39 is 6.10 Å². The Morgan fingerprint density at radius 3 is 2.42 bits per heavy atom. The maximum absolute atomic E-state index is 12.9. The molecule has 0 aromatic heterocycles. The molecule has 2 aliphatic rings. The first-order valence-corrected chi connectivity index (χ1v) is 10.7. The van der Waals surface area contributed by atoms with E-state index in [0.29, 0.717) is 56.2 Å². The first kappa shape index (κ1) is 22.6. The van der Waals surface area contributed by atoms with Crippen molar-refractivity contribution in [2.45, 2.75) is 39.7 Å². The van der Waals surface area contributed by atoms with Gasteiger partial charge in [0.05, 0.1) is 12.3 Å². The van der Waals surface area contributed by atoms with Gasteiger partial charge in [-0.2, -0.15) is 0 Å². The average molecular weight is 431 g/mol. The first-order valence-electron chi connectivity index (χ1n) is 10.7. The molecule has 0 aliphatic carbocycles. The number of carbonyl (C=O) groups is 4. The third kappa shape index (κ3) is 4.98. The number of nitrogens with zero attached hydrogens (tertiary/aromatic N) is 3. The molecule has 9 heteroatoms. The fourth-order valence-corrected chi connectivity index (χ4v) is 3.70. The van der Waals surface area contributed by atoms with Gasteiger partial charge in [-0.3, -0.25) is 19.3 Å². The smallest absolute Gasteiger partial charge is 0.409 e. The Morgan fingerprint density at radius 2 is 1.77 bits per heavy atom. The monoisotopic (exact) mass is 431 g/mol. The van der Waals surface area contributed by atoms with Crippen LogP contribution in [0.3, 0.4) is 0 Å². The number of ether oxygens (including phenoxy) is 2. The van der Waals surface area contributed by atoms with Gasteiger partial charge in [-0.15, -0.1) is 0 Å². The molecule has 1 atom stereocenters. The number of benzene rings is 1. The van der Waals surface area contributed by atoms with Gasteiger partial charge in [0.15, 0.2) is 11.9 Å². The van der Waals surface area contributed by atoms with Crippen LogP contribution in [-0.2, 0) is 14.3 Å². The van der Waals surface area contributed by atoms with E-state index in [1.807, 2.05) is 6.92 Å². The van der Waals surface area contributed by atoms with Gasteiger partial charge in [-0.05, 0) is 38.5 Å². The molecule has 1 saturated heterocycles. The molecule has 0 bridgehead atoms. The summed E-state index contributed by atoms with van der Waals surface area (Å²) in [6.07, 6.45) is 0.0267. The second-order valence-corrected chi connectivity index (χ2v) is 7.61. The number of piperazine rings is 1. The maximum atomic E-state index is 12.9. The lowest BCUT2D eigenvalue weighted by Gasteiger charge is -2.37. The molecular weight excluding hydrogens is 402 g/mol. The van der Waals surface area contributed by atoms with Gasteiger partial charge in [-0.1, -0.05) is 6.92 Å². The van der Waals surface area contributed by atoms with Gasteiger partial charge in [0.25, 0.3) is 5.91 Å². The second-order valence-electron chi connectivity index (χ2n) is 7.61. The molecule has 0 saturated carbocycles. The van der Waals surface area contributed by atoms with Gasteiger partial charge < -0.3 is 19.3 Å². The summed E-state index contributed by atoms with van der Waals surface area (Å²) in [5.41, 5.74) is 0.926. The number of hydrogen-bond donors (Lipinski definition) is 0. The van der Waals surface area contributed by atoms with Crippen molar-refractivity contribution in [3.05, 3.63) is 23.8 Å². The minimum absolute atomic E-state index is 0.0160. The largest absolute Gasteiger partial charge is 0.479 e. The zero-order valence-corrected chi connectivity index (χ0v) is 18.3. The van der Waals surface area contributed by atoms with Crippen molar-refractivity contribution < 1.29 is 28.7 Å². The topological polar surface area (TPSA) is 96.5 Å². The third-order valence-electron chi connectivity index (χ3n) is 5.42. The van der Waals surface area contributed by atoms with E-state index in [1.165, 1.54) is 4.90 Å². The highest BCUT2D eigenvalue weighted by molar-refractivity contribution is 6.05. The molecular formula is C22H29N3O6. The predicted molar refractivity (Wildman–Crippen MR) is 113 cm³/mol. The second kappa shape index (κ2) is 9.80.